The van der Waals surface area contributed by atoms with Crippen LogP contribution in [0.1, 0.15) is 25.0 Å². The van der Waals surface area contributed by atoms with Gasteiger partial charge < -0.3 is 10.2 Å². The highest BCUT2D eigenvalue weighted by Gasteiger charge is 2.48. The first-order valence-electron chi connectivity index (χ1n) is 5.98. The fraction of sp³-hybridized carbons (Fsp3) is 0.500. The van der Waals surface area contributed by atoms with Crippen LogP contribution in [0.15, 0.2) is 24.3 Å². The molecule has 0 saturated heterocycles. The van der Waals surface area contributed by atoms with Crippen molar-refractivity contribution in [3.63, 3.8) is 0 Å². The molecule has 1 unspecified atom stereocenters. The zero-order chi connectivity index (χ0) is 12.6. The zero-order valence-corrected chi connectivity index (χ0v) is 10.2. The molecule has 1 aliphatic rings. The molecule has 0 fully saturated rings. The van der Waals surface area contributed by atoms with Crippen molar-refractivity contribution in [2.24, 2.45) is 11.8 Å². The molecule has 1 aromatic carbocycles. The predicted octanol–water partition coefficient (Wildman–Crippen LogP) is 1.87. The summed E-state index contributed by atoms with van der Waals surface area (Å²) in [7, 11) is 0. The summed E-state index contributed by atoms with van der Waals surface area (Å²) in [6.07, 6.45) is 1.30. The molecular formula is C14H18O3. The Kier molecular flexibility index (Phi) is 2.96. The van der Waals surface area contributed by atoms with E-state index in [1.165, 1.54) is 0 Å². The normalized spacial score (nSPS) is 19.1. The maximum atomic E-state index is 11.4. The number of aliphatic hydroxyl groups is 1. The first kappa shape index (κ1) is 12.1. The minimum atomic E-state index is -1.63. The van der Waals surface area contributed by atoms with Crippen molar-refractivity contribution in [1.82, 2.24) is 0 Å². The summed E-state index contributed by atoms with van der Waals surface area (Å²) in [6, 6.07) is 7.93. The second kappa shape index (κ2) is 4.15. The SMILES string of the molecule is CC(C)C(O)(C(=O)O)C1Cc2ccccc2C1. The molecule has 0 heterocycles. The molecule has 0 aliphatic heterocycles. The molecule has 3 nitrogen and oxygen atoms in total. The van der Waals surface area contributed by atoms with Crippen LogP contribution in [0.3, 0.4) is 0 Å². The van der Waals surface area contributed by atoms with E-state index in [0.29, 0.717) is 12.8 Å². The molecule has 3 heteroatoms. The van der Waals surface area contributed by atoms with Crippen LogP contribution in [0.2, 0.25) is 0 Å². The smallest absolute Gasteiger partial charge is 0.336 e. The van der Waals surface area contributed by atoms with Gasteiger partial charge in [-0.3, -0.25) is 0 Å². The van der Waals surface area contributed by atoms with Crippen LogP contribution in [0.5, 0.6) is 0 Å². The standard InChI is InChI=1S/C14H18O3/c1-9(2)14(17,13(15)16)12-7-10-5-3-4-6-11(10)8-12/h3-6,9,12,17H,7-8H2,1-2H3,(H,15,16). The molecule has 92 valence electrons. The number of rotatable bonds is 3. The molecule has 2 rings (SSSR count). The third kappa shape index (κ3) is 1.84. The van der Waals surface area contributed by atoms with Crippen molar-refractivity contribution in [3.05, 3.63) is 35.4 Å². The van der Waals surface area contributed by atoms with E-state index in [2.05, 4.69) is 0 Å². The van der Waals surface area contributed by atoms with Gasteiger partial charge in [0.1, 0.15) is 0 Å². The Bertz CT molecular complexity index is 414. The van der Waals surface area contributed by atoms with Gasteiger partial charge in [-0.2, -0.15) is 0 Å². The van der Waals surface area contributed by atoms with E-state index in [4.69, 9.17) is 0 Å². The highest BCUT2D eigenvalue weighted by molar-refractivity contribution is 5.78. The fourth-order valence-corrected chi connectivity index (χ4v) is 2.76. The molecule has 0 radical (unpaired) electrons. The first-order chi connectivity index (χ1) is 7.96. The van der Waals surface area contributed by atoms with Crippen LogP contribution in [-0.4, -0.2) is 21.8 Å². The summed E-state index contributed by atoms with van der Waals surface area (Å²) in [6.45, 7) is 3.52. The molecule has 1 aliphatic carbocycles. The third-order valence-electron chi connectivity index (χ3n) is 3.90. The number of carboxylic acids is 1. The van der Waals surface area contributed by atoms with Crippen LogP contribution in [0, 0.1) is 11.8 Å². The third-order valence-corrected chi connectivity index (χ3v) is 3.90. The summed E-state index contributed by atoms with van der Waals surface area (Å²) in [4.78, 5) is 11.4. The van der Waals surface area contributed by atoms with E-state index in [9.17, 15) is 15.0 Å². The second-order valence-corrected chi connectivity index (χ2v) is 5.16. The van der Waals surface area contributed by atoms with E-state index >= 15 is 0 Å². The van der Waals surface area contributed by atoms with Crippen molar-refractivity contribution in [2.45, 2.75) is 32.3 Å². The van der Waals surface area contributed by atoms with Gasteiger partial charge in [0.25, 0.3) is 0 Å². The van der Waals surface area contributed by atoms with Gasteiger partial charge in [0.05, 0.1) is 0 Å². The highest BCUT2D eigenvalue weighted by Crippen LogP contribution is 2.37. The van der Waals surface area contributed by atoms with E-state index < -0.39 is 11.6 Å². The number of benzene rings is 1. The predicted molar refractivity (Wildman–Crippen MR) is 64.8 cm³/mol. The average molecular weight is 234 g/mol. The van der Waals surface area contributed by atoms with Gasteiger partial charge in [-0.05, 0) is 29.9 Å². The molecular weight excluding hydrogens is 216 g/mol. The van der Waals surface area contributed by atoms with Gasteiger partial charge in [0.2, 0.25) is 0 Å². The number of fused-ring (bicyclic) bond motifs is 1. The monoisotopic (exact) mass is 234 g/mol. The van der Waals surface area contributed by atoms with Crippen molar-refractivity contribution >= 4 is 5.97 Å². The van der Waals surface area contributed by atoms with E-state index in [0.717, 1.165) is 11.1 Å². The lowest BCUT2D eigenvalue weighted by molar-refractivity contribution is -0.171. The highest BCUT2D eigenvalue weighted by atomic mass is 16.4. The molecule has 0 amide bonds. The summed E-state index contributed by atoms with van der Waals surface area (Å²) in [5.41, 5.74) is 0.703. The topological polar surface area (TPSA) is 57.5 Å². The minimum Gasteiger partial charge on any atom is -0.479 e. The van der Waals surface area contributed by atoms with Crippen molar-refractivity contribution < 1.29 is 15.0 Å². The van der Waals surface area contributed by atoms with Crippen LogP contribution >= 0.6 is 0 Å². The van der Waals surface area contributed by atoms with Crippen molar-refractivity contribution in [1.29, 1.82) is 0 Å². The fourth-order valence-electron chi connectivity index (χ4n) is 2.76. The number of hydrogen-bond acceptors (Lipinski definition) is 2. The van der Waals surface area contributed by atoms with Gasteiger partial charge in [-0.25, -0.2) is 4.79 Å². The van der Waals surface area contributed by atoms with Gasteiger partial charge in [-0.1, -0.05) is 38.1 Å². The van der Waals surface area contributed by atoms with E-state index in [1.54, 1.807) is 13.8 Å². The summed E-state index contributed by atoms with van der Waals surface area (Å²) in [5.74, 6) is -1.62. The first-order valence-corrected chi connectivity index (χ1v) is 5.98. The minimum absolute atomic E-state index is 0.225. The largest absolute Gasteiger partial charge is 0.479 e. The maximum Gasteiger partial charge on any atom is 0.336 e. The number of hydrogen-bond donors (Lipinski definition) is 2. The van der Waals surface area contributed by atoms with Crippen LogP contribution in [0.4, 0.5) is 0 Å². The summed E-state index contributed by atoms with van der Waals surface area (Å²) >= 11 is 0. The number of carboxylic acid groups (broad SMARTS) is 1. The molecule has 0 aromatic heterocycles. The lowest BCUT2D eigenvalue weighted by Gasteiger charge is -2.33. The molecule has 0 saturated carbocycles. The Morgan fingerprint density at radius 2 is 1.76 bits per heavy atom. The van der Waals surface area contributed by atoms with Crippen molar-refractivity contribution in [2.75, 3.05) is 0 Å². The quantitative estimate of drug-likeness (QED) is 0.839. The Morgan fingerprint density at radius 1 is 1.29 bits per heavy atom. The molecule has 2 N–H and O–H groups in total. The van der Waals surface area contributed by atoms with Gasteiger partial charge in [0.15, 0.2) is 5.60 Å². The summed E-state index contributed by atoms with van der Waals surface area (Å²) in [5, 5.41) is 19.7. The molecule has 0 spiro atoms. The lowest BCUT2D eigenvalue weighted by atomic mass is 9.77. The molecule has 17 heavy (non-hydrogen) atoms. The molecule has 1 atom stereocenters. The maximum absolute atomic E-state index is 11.4. The second-order valence-electron chi connectivity index (χ2n) is 5.16. The summed E-state index contributed by atoms with van der Waals surface area (Å²) < 4.78 is 0. The van der Waals surface area contributed by atoms with Crippen LogP contribution in [0.25, 0.3) is 0 Å². The van der Waals surface area contributed by atoms with Crippen LogP contribution < -0.4 is 0 Å². The Hall–Kier alpha value is -1.35. The van der Waals surface area contributed by atoms with Crippen LogP contribution in [-0.2, 0) is 17.6 Å². The van der Waals surface area contributed by atoms with Gasteiger partial charge in [-0.15, -0.1) is 0 Å². The average Bonchev–Trinajstić information content (AvgIpc) is 2.70. The Morgan fingerprint density at radius 3 is 2.12 bits per heavy atom. The Labute approximate surface area is 101 Å². The number of carbonyl (C=O) groups is 1. The van der Waals surface area contributed by atoms with E-state index in [-0.39, 0.29) is 11.8 Å². The number of aliphatic carboxylic acids is 1. The lowest BCUT2D eigenvalue weighted by Crippen LogP contribution is -2.50. The molecule has 0 bridgehead atoms. The van der Waals surface area contributed by atoms with Gasteiger partial charge >= 0.3 is 5.97 Å². The van der Waals surface area contributed by atoms with E-state index in [1.807, 2.05) is 24.3 Å². The van der Waals surface area contributed by atoms with Crippen molar-refractivity contribution in [3.8, 4) is 0 Å². The Balaban J connectivity index is 2.30. The van der Waals surface area contributed by atoms with Gasteiger partial charge in [0, 0.05) is 5.92 Å². The molecule has 1 aromatic rings. The zero-order valence-electron chi connectivity index (χ0n) is 10.2.